The molecule has 1 unspecified atom stereocenters. The van der Waals surface area contributed by atoms with Crippen LogP contribution < -0.4 is 5.32 Å². The summed E-state index contributed by atoms with van der Waals surface area (Å²) < 4.78 is 0. The van der Waals surface area contributed by atoms with Crippen LogP contribution >= 0.6 is 0 Å². The molecule has 2 aromatic rings. The van der Waals surface area contributed by atoms with E-state index in [1.54, 1.807) is 24.3 Å². The molecule has 1 aliphatic heterocycles. The van der Waals surface area contributed by atoms with E-state index in [2.05, 4.69) is 5.32 Å². The molecule has 0 aliphatic carbocycles. The van der Waals surface area contributed by atoms with Crippen LogP contribution in [0, 0.1) is 0 Å². The van der Waals surface area contributed by atoms with E-state index in [1.807, 2.05) is 6.07 Å². The Balaban J connectivity index is 1.93. The summed E-state index contributed by atoms with van der Waals surface area (Å²) in [6.07, 6.45) is 0.696. The predicted molar refractivity (Wildman–Crippen MR) is 67.9 cm³/mol. The lowest BCUT2D eigenvalue weighted by atomic mass is 10.0. The van der Waals surface area contributed by atoms with E-state index in [1.165, 1.54) is 6.07 Å². The van der Waals surface area contributed by atoms with Gasteiger partial charge < -0.3 is 20.6 Å². The topological polar surface area (TPSA) is 72.7 Å². The molecule has 1 atom stereocenters. The molecule has 2 aromatic carbocycles. The molecule has 3 rings (SSSR count). The van der Waals surface area contributed by atoms with Crippen molar-refractivity contribution in [1.82, 2.24) is 0 Å². The molecule has 92 valence electrons. The monoisotopic (exact) mass is 243 g/mol. The highest BCUT2D eigenvalue weighted by Gasteiger charge is 2.24. The molecule has 0 radical (unpaired) electrons. The molecule has 0 spiro atoms. The maximum absolute atomic E-state index is 9.84. The number of nitrogens with one attached hydrogen (secondary N) is 1. The standard InChI is InChI=1S/C14H13NO3/c16-9-2-4-12-8(5-9)6-13(15-12)11-3-1-10(17)7-14(11)18/h1-5,7,13,15-18H,6H2. The van der Waals surface area contributed by atoms with Crippen LogP contribution in [0.15, 0.2) is 36.4 Å². The molecule has 0 fully saturated rings. The van der Waals surface area contributed by atoms with Gasteiger partial charge in [-0.05, 0) is 42.3 Å². The first-order chi connectivity index (χ1) is 8.63. The summed E-state index contributed by atoms with van der Waals surface area (Å²) in [7, 11) is 0. The Kier molecular flexibility index (Phi) is 2.30. The molecule has 0 aromatic heterocycles. The van der Waals surface area contributed by atoms with E-state index in [9.17, 15) is 15.3 Å². The Morgan fingerprint density at radius 1 is 0.944 bits per heavy atom. The Morgan fingerprint density at radius 2 is 1.67 bits per heavy atom. The van der Waals surface area contributed by atoms with Crippen molar-refractivity contribution in [3.63, 3.8) is 0 Å². The Morgan fingerprint density at radius 3 is 2.44 bits per heavy atom. The van der Waals surface area contributed by atoms with Crippen LogP contribution in [0.4, 0.5) is 5.69 Å². The number of hydrogen-bond donors (Lipinski definition) is 4. The third-order valence-electron chi connectivity index (χ3n) is 3.23. The zero-order valence-corrected chi connectivity index (χ0v) is 9.59. The molecule has 0 saturated carbocycles. The smallest absolute Gasteiger partial charge is 0.124 e. The van der Waals surface area contributed by atoms with Crippen LogP contribution in [0.25, 0.3) is 0 Å². The third kappa shape index (κ3) is 1.72. The van der Waals surface area contributed by atoms with Crippen molar-refractivity contribution in [2.45, 2.75) is 12.5 Å². The van der Waals surface area contributed by atoms with Gasteiger partial charge in [-0.3, -0.25) is 0 Å². The molecule has 4 heteroatoms. The Bertz CT molecular complexity index is 610. The van der Waals surface area contributed by atoms with Crippen LogP contribution in [-0.2, 0) is 6.42 Å². The van der Waals surface area contributed by atoms with Crippen molar-refractivity contribution in [2.75, 3.05) is 5.32 Å². The van der Waals surface area contributed by atoms with Crippen molar-refractivity contribution in [2.24, 2.45) is 0 Å². The van der Waals surface area contributed by atoms with E-state index < -0.39 is 0 Å². The highest BCUT2D eigenvalue weighted by Crippen LogP contribution is 2.39. The summed E-state index contributed by atoms with van der Waals surface area (Å²) in [4.78, 5) is 0. The van der Waals surface area contributed by atoms with Gasteiger partial charge in [-0.1, -0.05) is 0 Å². The Labute approximate surface area is 104 Å². The van der Waals surface area contributed by atoms with Crippen molar-refractivity contribution in [3.8, 4) is 17.2 Å². The van der Waals surface area contributed by atoms with Gasteiger partial charge in [-0.25, -0.2) is 0 Å². The van der Waals surface area contributed by atoms with Gasteiger partial charge in [0, 0.05) is 17.3 Å². The van der Waals surface area contributed by atoms with Gasteiger partial charge in [0.2, 0.25) is 0 Å². The van der Waals surface area contributed by atoms with E-state index >= 15 is 0 Å². The number of phenolic OH excluding ortho intramolecular Hbond substituents is 3. The predicted octanol–water partition coefficient (Wildman–Crippen LogP) is 2.51. The number of phenols is 3. The first kappa shape index (κ1) is 10.8. The second kappa shape index (κ2) is 3.84. The molecular weight excluding hydrogens is 230 g/mol. The van der Waals surface area contributed by atoms with E-state index in [0.29, 0.717) is 6.42 Å². The summed E-state index contributed by atoms with van der Waals surface area (Å²) in [5, 5.41) is 31.8. The van der Waals surface area contributed by atoms with Gasteiger partial charge in [0.05, 0.1) is 6.04 Å². The maximum atomic E-state index is 9.84. The third-order valence-corrected chi connectivity index (χ3v) is 3.23. The zero-order valence-electron chi connectivity index (χ0n) is 9.59. The minimum Gasteiger partial charge on any atom is -0.508 e. The number of fused-ring (bicyclic) bond motifs is 1. The highest BCUT2D eigenvalue weighted by atomic mass is 16.3. The molecule has 1 aliphatic rings. The zero-order chi connectivity index (χ0) is 12.7. The summed E-state index contributed by atoms with van der Waals surface area (Å²) >= 11 is 0. The molecule has 4 nitrogen and oxygen atoms in total. The lowest BCUT2D eigenvalue weighted by Gasteiger charge is -2.13. The quantitative estimate of drug-likeness (QED) is 0.581. The lowest BCUT2D eigenvalue weighted by Crippen LogP contribution is -2.05. The first-order valence-corrected chi connectivity index (χ1v) is 5.74. The number of aromatic hydroxyl groups is 3. The average Bonchev–Trinajstić information content (AvgIpc) is 2.71. The number of benzene rings is 2. The summed E-state index contributed by atoms with van der Waals surface area (Å²) in [5.74, 6) is 0.361. The molecule has 4 N–H and O–H groups in total. The second-order valence-corrected chi connectivity index (χ2v) is 4.49. The molecule has 18 heavy (non-hydrogen) atoms. The molecule has 0 amide bonds. The van der Waals surface area contributed by atoms with Gasteiger partial charge in [-0.2, -0.15) is 0 Å². The van der Waals surface area contributed by atoms with Gasteiger partial charge in [0.1, 0.15) is 17.2 Å². The van der Waals surface area contributed by atoms with Gasteiger partial charge in [0.25, 0.3) is 0 Å². The van der Waals surface area contributed by atoms with Gasteiger partial charge in [0.15, 0.2) is 0 Å². The van der Waals surface area contributed by atoms with Crippen molar-refractivity contribution in [1.29, 1.82) is 0 Å². The van der Waals surface area contributed by atoms with E-state index in [-0.39, 0.29) is 23.3 Å². The summed E-state index contributed by atoms with van der Waals surface area (Å²) in [6, 6.07) is 9.72. The molecule has 1 heterocycles. The lowest BCUT2D eigenvalue weighted by molar-refractivity contribution is 0.443. The second-order valence-electron chi connectivity index (χ2n) is 4.49. The van der Waals surface area contributed by atoms with Crippen LogP contribution in [0.2, 0.25) is 0 Å². The first-order valence-electron chi connectivity index (χ1n) is 5.74. The van der Waals surface area contributed by atoms with Crippen molar-refractivity contribution < 1.29 is 15.3 Å². The molecular formula is C14H13NO3. The molecule has 0 saturated heterocycles. The van der Waals surface area contributed by atoms with E-state index in [0.717, 1.165) is 16.8 Å². The van der Waals surface area contributed by atoms with Crippen molar-refractivity contribution in [3.05, 3.63) is 47.5 Å². The van der Waals surface area contributed by atoms with Gasteiger partial charge >= 0.3 is 0 Å². The average molecular weight is 243 g/mol. The fraction of sp³-hybridized carbons (Fsp3) is 0.143. The van der Waals surface area contributed by atoms with Crippen LogP contribution in [0.3, 0.4) is 0 Å². The number of hydrogen-bond acceptors (Lipinski definition) is 4. The normalized spacial score (nSPS) is 17.2. The Hall–Kier alpha value is -2.36. The number of anilines is 1. The number of rotatable bonds is 1. The van der Waals surface area contributed by atoms with Crippen LogP contribution in [-0.4, -0.2) is 15.3 Å². The fourth-order valence-electron chi connectivity index (χ4n) is 2.36. The van der Waals surface area contributed by atoms with Crippen molar-refractivity contribution >= 4 is 5.69 Å². The SMILES string of the molecule is Oc1ccc(C2Cc3cc(O)ccc3N2)c(O)c1. The summed E-state index contributed by atoms with van der Waals surface area (Å²) in [6.45, 7) is 0. The van der Waals surface area contributed by atoms with Crippen LogP contribution in [0.5, 0.6) is 17.2 Å². The molecule has 0 bridgehead atoms. The van der Waals surface area contributed by atoms with Gasteiger partial charge in [-0.15, -0.1) is 0 Å². The minimum atomic E-state index is -0.0394. The largest absolute Gasteiger partial charge is 0.508 e. The maximum Gasteiger partial charge on any atom is 0.124 e. The fourth-order valence-corrected chi connectivity index (χ4v) is 2.36. The minimum absolute atomic E-state index is 0.0394. The highest BCUT2D eigenvalue weighted by molar-refractivity contribution is 5.61. The van der Waals surface area contributed by atoms with Crippen LogP contribution in [0.1, 0.15) is 17.2 Å². The van der Waals surface area contributed by atoms with E-state index in [4.69, 9.17) is 0 Å². The summed E-state index contributed by atoms with van der Waals surface area (Å²) in [5.41, 5.74) is 2.72.